The second-order valence-electron chi connectivity index (χ2n) is 6.38. The van der Waals surface area contributed by atoms with Crippen molar-refractivity contribution in [2.45, 2.75) is 33.7 Å². The van der Waals surface area contributed by atoms with Crippen molar-refractivity contribution < 1.29 is 9.94 Å². The number of hydrogen-bond donors (Lipinski definition) is 2. The van der Waals surface area contributed by atoms with Crippen molar-refractivity contribution >= 4 is 5.84 Å². The van der Waals surface area contributed by atoms with Gasteiger partial charge in [-0.1, -0.05) is 25.9 Å². The van der Waals surface area contributed by atoms with Crippen molar-refractivity contribution in [2.24, 2.45) is 16.3 Å². The number of oxime groups is 1. The SMILES string of the molecule is CC(N(C)CCOc1ccc(C(N)=NO)cc1)C(C)(C)C. The number of benzene rings is 1. The summed E-state index contributed by atoms with van der Waals surface area (Å²) in [4.78, 5) is 2.30. The number of nitrogens with zero attached hydrogens (tertiary/aromatic N) is 2. The minimum absolute atomic E-state index is 0.0975. The van der Waals surface area contributed by atoms with Crippen molar-refractivity contribution in [3.63, 3.8) is 0 Å². The molecule has 3 N–H and O–H groups in total. The van der Waals surface area contributed by atoms with Crippen LogP contribution in [0.25, 0.3) is 0 Å². The molecule has 0 radical (unpaired) electrons. The number of amidine groups is 1. The van der Waals surface area contributed by atoms with Crippen LogP contribution in [0.1, 0.15) is 33.3 Å². The highest BCUT2D eigenvalue weighted by atomic mass is 16.5. The maximum Gasteiger partial charge on any atom is 0.170 e. The van der Waals surface area contributed by atoms with Gasteiger partial charge in [0.15, 0.2) is 5.84 Å². The Morgan fingerprint density at radius 1 is 1.33 bits per heavy atom. The van der Waals surface area contributed by atoms with Gasteiger partial charge in [0.25, 0.3) is 0 Å². The number of rotatable bonds is 6. The minimum atomic E-state index is 0.0975. The van der Waals surface area contributed by atoms with E-state index >= 15 is 0 Å². The summed E-state index contributed by atoms with van der Waals surface area (Å²) in [5.74, 6) is 0.876. The molecule has 1 atom stereocenters. The fraction of sp³-hybridized carbons (Fsp3) is 0.562. The van der Waals surface area contributed by atoms with E-state index in [2.05, 4.69) is 44.8 Å². The van der Waals surface area contributed by atoms with Crippen molar-refractivity contribution in [3.8, 4) is 5.75 Å². The summed E-state index contributed by atoms with van der Waals surface area (Å²) in [6, 6.07) is 7.66. The number of hydrogen-bond acceptors (Lipinski definition) is 4. The first-order valence-electron chi connectivity index (χ1n) is 7.16. The van der Waals surface area contributed by atoms with Crippen LogP contribution in [0.2, 0.25) is 0 Å². The van der Waals surface area contributed by atoms with E-state index in [0.29, 0.717) is 18.2 Å². The predicted molar refractivity (Wildman–Crippen MR) is 86.0 cm³/mol. The molecule has 0 fully saturated rings. The van der Waals surface area contributed by atoms with Gasteiger partial charge in [-0.05, 0) is 43.7 Å². The summed E-state index contributed by atoms with van der Waals surface area (Å²) in [7, 11) is 2.11. The Morgan fingerprint density at radius 3 is 2.38 bits per heavy atom. The molecular formula is C16H27N3O2. The molecule has 0 aliphatic heterocycles. The average Bonchev–Trinajstić information content (AvgIpc) is 2.45. The molecule has 1 aromatic rings. The zero-order valence-electron chi connectivity index (χ0n) is 13.6. The van der Waals surface area contributed by atoms with Gasteiger partial charge in [0, 0.05) is 18.2 Å². The lowest BCUT2D eigenvalue weighted by Gasteiger charge is -2.35. The van der Waals surface area contributed by atoms with Gasteiger partial charge in [0.05, 0.1) is 0 Å². The Hall–Kier alpha value is -1.75. The molecule has 0 amide bonds. The van der Waals surface area contributed by atoms with Crippen LogP contribution in [0, 0.1) is 5.41 Å². The van der Waals surface area contributed by atoms with E-state index in [9.17, 15) is 0 Å². The van der Waals surface area contributed by atoms with Gasteiger partial charge < -0.3 is 15.7 Å². The van der Waals surface area contributed by atoms with E-state index in [-0.39, 0.29) is 11.3 Å². The van der Waals surface area contributed by atoms with Crippen LogP contribution >= 0.6 is 0 Å². The highest BCUT2D eigenvalue weighted by Crippen LogP contribution is 2.22. The molecule has 1 unspecified atom stereocenters. The largest absolute Gasteiger partial charge is 0.492 e. The van der Waals surface area contributed by atoms with Gasteiger partial charge in [-0.15, -0.1) is 0 Å². The standard InChI is InChI=1S/C16H27N3O2/c1-12(16(2,3)4)19(5)10-11-21-14-8-6-13(7-9-14)15(17)18-20/h6-9,12,20H,10-11H2,1-5H3,(H2,17,18). The molecule has 0 saturated heterocycles. The molecular weight excluding hydrogens is 266 g/mol. The average molecular weight is 293 g/mol. The van der Waals surface area contributed by atoms with E-state index < -0.39 is 0 Å². The Labute approximate surface area is 127 Å². The zero-order chi connectivity index (χ0) is 16.0. The molecule has 5 nitrogen and oxygen atoms in total. The van der Waals surface area contributed by atoms with E-state index in [1.165, 1.54) is 0 Å². The molecule has 0 bridgehead atoms. The first kappa shape index (κ1) is 17.3. The predicted octanol–water partition coefficient (Wildman–Crippen LogP) is 2.53. The number of likely N-dealkylation sites (N-methyl/N-ethyl adjacent to an activating group) is 1. The van der Waals surface area contributed by atoms with Crippen LogP contribution in [-0.4, -0.2) is 42.2 Å². The number of nitrogens with two attached hydrogens (primary N) is 1. The fourth-order valence-corrected chi connectivity index (χ4v) is 1.94. The summed E-state index contributed by atoms with van der Waals surface area (Å²) < 4.78 is 5.72. The summed E-state index contributed by atoms with van der Waals surface area (Å²) in [5, 5.41) is 11.6. The van der Waals surface area contributed by atoms with Crippen LogP contribution in [-0.2, 0) is 0 Å². The molecule has 21 heavy (non-hydrogen) atoms. The molecule has 118 valence electrons. The summed E-state index contributed by atoms with van der Waals surface area (Å²) in [5.41, 5.74) is 6.43. The van der Waals surface area contributed by atoms with Crippen LogP contribution in [0.15, 0.2) is 29.4 Å². The van der Waals surface area contributed by atoms with E-state index in [1.807, 2.05) is 12.1 Å². The molecule has 0 heterocycles. The Balaban J connectivity index is 2.46. The Bertz CT molecular complexity index is 463. The van der Waals surface area contributed by atoms with Crippen molar-refractivity contribution in [3.05, 3.63) is 29.8 Å². The quantitative estimate of drug-likeness (QED) is 0.366. The van der Waals surface area contributed by atoms with Crippen LogP contribution in [0.3, 0.4) is 0 Å². The molecule has 0 aromatic heterocycles. The third-order valence-corrected chi connectivity index (χ3v) is 3.89. The molecule has 0 aliphatic carbocycles. The summed E-state index contributed by atoms with van der Waals surface area (Å²) in [6.45, 7) is 10.4. The highest BCUT2D eigenvalue weighted by molar-refractivity contribution is 5.97. The number of ether oxygens (including phenoxy) is 1. The second-order valence-corrected chi connectivity index (χ2v) is 6.38. The normalized spacial score (nSPS) is 14.3. The maximum absolute atomic E-state index is 8.60. The van der Waals surface area contributed by atoms with Crippen molar-refractivity contribution in [2.75, 3.05) is 20.2 Å². The lowest BCUT2D eigenvalue weighted by molar-refractivity contribution is 0.121. The molecule has 1 rings (SSSR count). The van der Waals surface area contributed by atoms with E-state index in [4.69, 9.17) is 15.7 Å². The molecule has 0 aliphatic rings. The van der Waals surface area contributed by atoms with Gasteiger partial charge in [0.1, 0.15) is 12.4 Å². The molecule has 0 saturated carbocycles. The van der Waals surface area contributed by atoms with Crippen molar-refractivity contribution in [1.82, 2.24) is 4.90 Å². The van der Waals surface area contributed by atoms with Crippen LogP contribution < -0.4 is 10.5 Å². The van der Waals surface area contributed by atoms with Crippen LogP contribution in [0.4, 0.5) is 0 Å². The van der Waals surface area contributed by atoms with Gasteiger partial charge in [-0.3, -0.25) is 4.90 Å². The zero-order valence-corrected chi connectivity index (χ0v) is 13.6. The van der Waals surface area contributed by atoms with Gasteiger partial charge in [-0.2, -0.15) is 0 Å². The monoisotopic (exact) mass is 293 g/mol. The van der Waals surface area contributed by atoms with E-state index in [0.717, 1.165) is 12.3 Å². The molecule has 1 aromatic carbocycles. The molecule has 0 spiro atoms. The first-order valence-corrected chi connectivity index (χ1v) is 7.16. The van der Waals surface area contributed by atoms with Gasteiger partial charge in [0.2, 0.25) is 0 Å². The third kappa shape index (κ3) is 5.27. The summed E-state index contributed by atoms with van der Waals surface area (Å²) >= 11 is 0. The minimum Gasteiger partial charge on any atom is -0.492 e. The Morgan fingerprint density at radius 2 is 1.90 bits per heavy atom. The van der Waals surface area contributed by atoms with Crippen molar-refractivity contribution in [1.29, 1.82) is 0 Å². The smallest absolute Gasteiger partial charge is 0.170 e. The van der Waals surface area contributed by atoms with Gasteiger partial charge in [-0.25, -0.2) is 0 Å². The molecule has 5 heteroatoms. The fourth-order valence-electron chi connectivity index (χ4n) is 1.94. The first-order chi connectivity index (χ1) is 9.75. The lowest BCUT2D eigenvalue weighted by atomic mass is 9.87. The third-order valence-electron chi connectivity index (χ3n) is 3.89. The second kappa shape index (κ2) is 7.31. The highest BCUT2D eigenvalue weighted by Gasteiger charge is 2.23. The summed E-state index contributed by atoms with van der Waals surface area (Å²) in [6.07, 6.45) is 0. The van der Waals surface area contributed by atoms with Gasteiger partial charge >= 0.3 is 0 Å². The topological polar surface area (TPSA) is 71.1 Å². The maximum atomic E-state index is 8.60. The van der Waals surface area contributed by atoms with E-state index in [1.54, 1.807) is 12.1 Å². The Kier molecular flexibility index (Phi) is 6.03. The van der Waals surface area contributed by atoms with Crippen LogP contribution in [0.5, 0.6) is 5.75 Å². The lowest BCUT2D eigenvalue weighted by Crippen LogP contribution is -2.41.